The van der Waals surface area contributed by atoms with Gasteiger partial charge >= 0.3 is 0 Å². The molecule has 100 valence electrons. The van der Waals surface area contributed by atoms with Gasteiger partial charge in [0, 0.05) is 6.20 Å². The van der Waals surface area contributed by atoms with Gasteiger partial charge in [-0.25, -0.2) is 10.8 Å². The van der Waals surface area contributed by atoms with Crippen molar-refractivity contribution in [3.8, 4) is 0 Å². The monoisotopic (exact) mass is 374 g/mol. The molecule has 0 unspecified atom stereocenters. The first kappa shape index (κ1) is 13.7. The molecule has 0 aromatic carbocycles. The molecule has 19 heavy (non-hydrogen) atoms. The third kappa shape index (κ3) is 2.68. The molecule has 0 bridgehead atoms. The second-order valence-corrected chi connectivity index (χ2v) is 4.94. The van der Waals surface area contributed by atoms with Gasteiger partial charge in [0.25, 0.3) is 11.5 Å². The van der Waals surface area contributed by atoms with E-state index >= 15 is 0 Å². The van der Waals surface area contributed by atoms with E-state index in [1.54, 1.807) is 6.92 Å². The van der Waals surface area contributed by atoms with Crippen LogP contribution in [0.1, 0.15) is 21.9 Å². The second kappa shape index (κ2) is 5.53. The van der Waals surface area contributed by atoms with Crippen LogP contribution in [0.25, 0.3) is 0 Å². The van der Waals surface area contributed by atoms with Gasteiger partial charge in [0.15, 0.2) is 0 Å². The van der Waals surface area contributed by atoms with Crippen molar-refractivity contribution in [2.75, 3.05) is 0 Å². The average molecular weight is 374 g/mol. The minimum Gasteiger partial charge on any atom is -0.467 e. The maximum absolute atomic E-state index is 12.0. The van der Waals surface area contributed by atoms with Gasteiger partial charge in [-0.15, -0.1) is 0 Å². The van der Waals surface area contributed by atoms with E-state index in [9.17, 15) is 9.59 Å². The van der Waals surface area contributed by atoms with Gasteiger partial charge < -0.3 is 4.42 Å². The first-order valence-electron chi connectivity index (χ1n) is 5.34. The number of hydrogen-bond acceptors (Lipinski definition) is 5. The number of carbonyl (C=O) groups excluding carboxylic acids is 1. The van der Waals surface area contributed by atoms with Crippen LogP contribution < -0.4 is 16.8 Å². The third-order valence-electron chi connectivity index (χ3n) is 2.63. The Morgan fingerprint density at radius 3 is 3.05 bits per heavy atom. The molecule has 0 saturated heterocycles. The number of aryl methyl sites for hydroxylation is 1. The highest BCUT2D eigenvalue weighted by Gasteiger charge is 2.16. The van der Waals surface area contributed by atoms with E-state index in [1.165, 1.54) is 23.1 Å². The molecule has 0 radical (unpaired) electrons. The summed E-state index contributed by atoms with van der Waals surface area (Å²) in [7, 11) is 0. The number of nitrogens with one attached hydrogen (secondary N) is 1. The van der Waals surface area contributed by atoms with Crippen molar-refractivity contribution in [2.45, 2.75) is 13.5 Å². The Bertz CT molecular complexity index is 677. The quantitative estimate of drug-likeness (QED) is 0.351. The lowest BCUT2D eigenvalue weighted by Gasteiger charge is -2.08. The Balaban J connectivity index is 2.43. The van der Waals surface area contributed by atoms with Crippen molar-refractivity contribution < 1.29 is 9.21 Å². The summed E-state index contributed by atoms with van der Waals surface area (Å²) >= 11 is 1.91. The predicted octanol–water partition coefficient (Wildman–Crippen LogP) is 0.401. The van der Waals surface area contributed by atoms with Crippen LogP contribution in [-0.2, 0) is 6.54 Å². The highest BCUT2D eigenvalue weighted by Crippen LogP contribution is 2.12. The number of hydrogen-bond donors (Lipinski definition) is 2. The number of rotatable bonds is 3. The normalized spacial score (nSPS) is 10.5. The first-order valence-corrected chi connectivity index (χ1v) is 6.41. The highest BCUT2D eigenvalue weighted by molar-refractivity contribution is 14.1. The molecule has 7 nitrogen and oxygen atoms in total. The van der Waals surface area contributed by atoms with E-state index in [4.69, 9.17) is 10.3 Å². The lowest BCUT2D eigenvalue weighted by atomic mass is 10.2. The van der Waals surface area contributed by atoms with E-state index in [-0.39, 0.29) is 12.1 Å². The van der Waals surface area contributed by atoms with Crippen LogP contribution in [0.15, 0.2) is 27.7 Å². The van der Waals surface area contributed by atoms with Crippen LogP contribution in [0.2, 0.25) is 0 Å². The van der Waals surface area contributed by atoms with E-state index in [1.807, 2.05) is 28.0 Å². The summed E-state index contributed by atoms with van der Waals surface area (Å²) in [6.45, 7) is 1.84. The Hall–Kier alpha value is -1.68. The number of amides is 1. The van der Waals surface area contributed by atoms with Crippen LogP contribution in [0.3, 0.4) is 0 Å². The number of nitrogens with two attached hydrogens (primary N) is 1. The van der Waals surface area contributed by atoms with Crippen LogP contribution >= 0.6 is 22.6 Å². The first-order chi connectivity index (χ1) is 9.04. The summed E-state index contributed by atoms with van der Waals surface area (Å²) in [4.78, 5) is 27.6. The standard InChI is InChI=1S/C11H11IN4O3/c1-6-14-4-8(12)11(18)16(6)5-9-7(2-3-19-9)10(17)15-13/h2-4H,5,13H2,1H3,(H,15,17). The summed E-state index contributed by atoms with van der Waals surface area (Å²) in [5, 5.41) is 0. The zero-order chi connectivity index (χ0) is 14.0. The molecule has 0 spiro atoms. The number of furan rings is 1. The number of nitrogens with zero attached hydrogens (tertiary/aromatic N) is 2. The maximum Gasteiger partial charge on any atom is 0.268 e. The predicted molar refractivity (Wildman–Crippen MR) is 75.4 cm³/mol. The molecule has 0 aliphatic carbocycles. The number of nitrogen functional groups attached to an aromatic ring is 1. The number of carbonyl (C=O) groups is 1. The van der Waals surface area contributed by atoms with Crippen molar-refractivity contribution in [3.63, 3.8) is 0 Å². The Morgan fingerprint density at radius 2 is 2.37 bits per heavy atom. The molecule has 0 saturated carbocycles. The zero-order valence-electron chi connectivity index (χ0n) is 10.0. The summed E-state index contributed by atoms with van der Waals surface area (Å²) in [5.74, 6) is 5.52. The van der Waals surface area contributed by atoms with E-state index in [0.717, 1.165) is 0 Å². The van der Waals surface area contributed by atoms with Crippen LogP contribution in [0.5, 0.6) is 0 Å². The lowest BCUT2D eigenvalue weighted by molar-refractivity contribution is 0.0951. The van der Waals surface area contributed by atoms with Crippen molar-refractivity contribution in [1.29, 1.82) is 0 Å². The number of aromatic nitrogens is 2. The fourth-order valence-corrected chi connectivity index (χ4v) is 2.05. The topological polar surface area (TPSA) is 103 Å². The Labute approximate surface area is 121 Å². The summed E-state index contributed by atoms with van der Waals surface area (Å²) < 4.78 is 7.17. The Kier molecular flexibility index (Phi) is 4.00. The molecule has 0 fully saturated rings. The van der Waals surface area contributed by atoms with E-state index < -0.39 is 5.91 Å². The van der Waals surface area contributed by atoms with Crippen LogP contribution in [0.4, 0.5) is 0 Å². The molecule has 2 heterocycles. The molecular weight excluding hydrogens is 363 g/mol. The van der Waals surface area contributed by atoms with Crippen LogP contribution in [-0.4, -0.2) is 15.5 Å². The molecule has 2 aromatic heterocycles. The number of hydrazine groups is 1. The third-order valence-corrected chi connectivity index (χ3v) is 3.37. The van der Waals surface area contributed by atoms with Gasteiger partial charge in [-0.2, -0.15) is 0 Å². The lowest BCUT2D eigenvalue weighted by Crippen LogP contribution is -2.31. The summed E-state index contributed by atoms with van der Waals surface area (Å²) in [6.07, 6.45) is 2.88. The van der Waals surface area contributed by atoms with Gasteiger partial charge in [-0.3, -0.25) is 19.6 Å². The molecule has 8 heteroatoms. The smallest absolute Gasteiger partial charge is 0.268 e. The van der Waals surface area contributed by atoms with E-state index in [0.29, 0.717) is 20.7 Å². The molecule has 0 aliphatic rings. The van der Waals surface area contributed by atoms with Gasteiger partial charge in [-0.1, -0.05) is 0 Å². The van der Waals surface area contributed by atoms with Crippen molar-refractivity contribution in [3.05, 3.63) is 49.6 Å². The minimum absolute atomic E-state index is 0.129. The highest BCUT2D eigenvalue weighted by atomic mass is 127. The van der Waals surface area contributed by atoms with Crippen molar-refractivity contribution >= 4 is 28.5 Å². The molecule has 3 N–H and O–H groups in total. The molecule has 1 amide bonds. The maximum atomic E-state index is 12.0. The van der Waals surface area contributed by atoms with E-state index in [2.05, 4.69) is 4.98 Å². The number of halogens is 1. The average Bonchev–Trinajstić information content (AvgIpc) is 2.86. The van der Waals surface area contributed by atoms with Gasteiger partial charge in [0.1, 0.15) is 11.6 Å². The fraction of sp³-hybridized carbons (Fsp3) is 0.182. The van der Waals surface area contributed by atoms with Crippen molar-refractivity contribution in [1.82, 2.24) is 15.0 Å². The van der Waals surface area contributed by atoms with Gasteiger partial charge in [0.2, 0.25) is 0 Å². The fourth-order valence-electron chi connectivity index (χ4n) is 1.62. The van der Waals surface area contributed by atoms with Crippen LogP contribution in [0, 0.1) is 10.5 Å². The molecule has 0 aliphatic heterocycles. The largest absolute Gasteiger partial charge is 0.467 e. The van der Waals surface area contributed by atoms with Gasteiger partial charge in [-0.05, 0) is 35.6 Å². The second-order valence-electron chi connectivity index (χ2n) is 3.78. The molecule has 2 rings (SSSR count). The minimum atomic E-state index is -0.465. The van der Waals surface area contributed by atoms with Gasteiger partial charge in [0.05, 0.1) is 21.9 Å². The van der Waals surface area contributed by atoms with Crippen molar-refractivity contribution in [2.24, 2.45) is 5.84 Å². The Morgan fingerprint density at radius 1 is 1.63 bits per heavy atom. The SMILES string of the molecule is Cc1ncc(I)c(=O)n1Cc1occc1C(=O)NN. The molecule has 2 aromatic rings. The zero-order valence-corrected chi connectivity index (χ0v) is 12.2. The molecular formula is C11H11IN4O3. The molecule has 0 atom stereocenters. The summed E-state index contributed by atoms with van der Waals surface area (Å²) in [6, 6.07) is 1.50. The summed E-state index contributed by atoms with van der Waals surface area (Å²) in [5.41, 5.74) is 2.15.